The first-order valence-corrected chi connectivity index (χ1v) is 14.1. The molecule has 0 amide bonds. The lowest BCUT2D eigenvalue weighted by Crippen LogP contribution is -2.26. The fraction of sp³-hybridized carbons (Fsp3) is 0.400. The highest BCUT2D eigenvalue weighted by atomic mass is 32.2. The average Bonchev–Trinajstić information content (AvgIpc) is 3.79. The fourth-order valence-corrected chi connectivity index (χ4v) is 4.98. The van der Waals surface area contributed by atoms with Gasteiger partial charge in [0.15, 0.2) is 27.1 Å². The number of rotatable bonds is 10. The second-order valence-corrected chi connectivity index (χ2v) is 11.3. The maximum absolute atomic E-state index is 13.4. The van der Waals surface area contributed by atoms with E-state index in [1.807, 2.05) is 6.92 Å². The van der Waals surface area contributed by atoms with Crippen molar-refractivity contribution in [2.24, 2.45) is 0 Å². The first-order valence-electron chi connectivity index (χ1n) is 12.4. The van der Waals surface area contributed by atoms with Gasteiger partial charge >= 0.3 is 0 Å². The maximum atomic E-state index is 13.4. The number of nitrogens with zero attached hydrogens (tertiary/aromatic N) is 7. The Hall–Kier alpha value is -4.00. The highest BCUT2D eigenvalue weighted by Crippen LogP contribution is 2.44. The second kappa shape index (κ2) is 10.4. The van der Waals surface area contributed by atoms with Gasteiger partial charge in [-0.1, -0.05) is 13.8 Å². The molecule has 5 rings (SSSR count). The Balaban J connectivity index is 1.50. The smallest absolute Gasteiger partial charge is 0.294 e. The van der Waals surface area contributed by atoms with E-state index in [9.17, 15) is 13.2 Å². The molecule has 1 aliphatic rings. The van der Waals surface area contributed by atoms with Gasteiger partial charge in [0.05, 0.1) is 41.9 Å². The van der Waals surface area contributed by atoms with E-state index in [1.54, 1.807) is 30.9 Å². The van der Waals surface area contributed by atoms with E-state index in [2.05, 4.69) is 30.2 Å². The summed E-state index contributed by atoms with van der Waals surface area (Å²) in [5, 5.41) is 3.04. The van der Waals surface area contributed by atoms with Crippen molar-refractivity contribution in [2.45, 2.75) is 57.0 Å². The lowest BCUT2D eigenvalue weighted by atomic mass is 10.1. The zero-order valence-electron chi connectivity index (χ0n) is 21.4. The summed E-state index contributed by atoms with van der Waals surface area (Å²) < 4.78 is 31.1. The summed E-state index contributed by atoms with van der Waals surface area (Å²) in [4.78, 5) is 40.3. The van der Waals surface area contributed by atoms with E-state index < -0.39 is 9.84 Å². The Morgan fingerprint density at radius 3 is 2.55 bits per heavy atom. The van der Waals surface area contributed by atoms with Gasteiger partial charge in [0.25, 0.3) is 5.56 Å². The van der Waals surface area contributed by atoms with Crippen molar-refractivity contribution in [1.82, 2.24) is 34.5 Å². The molecule has 12 nitrogen and oxygen atoms in total. The van der Waals surface area contributed by atoms with E-state index in [-0.39, 0.29) is 28.6 Å². The number of hydrogen-bond donors (Lipinski definition) is 1. The maximum Gasteiger partial charge on any atom is 0.294 e. The summed E-state index contributed by atoms with van der Waals surface area (Å²) in [6.45, 7) is 4.18. The quantitative estimate of drug-likeness (QED) is 0.318. The number of sulfone groups is 1. The average molecular weight is 537 g/mol. The summed E-state index contributed by atoms with van der Waals surface area (Å²) in [5.74, 6) is 1.22. The topological polar surface area (TPSA) is 155 Å². The lowest BCUT2D eigenvalue weighted by molar-refractivity contribution is 0.397. The predicted molar refractivity (Wildman–Crippen MR) is 141 cm³/mol. The van der Waals surface area contributed by atoms with Crippen LogP contribution >= 0.6 is 0 Å². The number of aryl methyl sites for hydroxylation is 1. The molecule has 0 unspecified atom stereocenters. The molecule has 4 heterocycles. The Morgan fingerprint density at radius 1 is 1.08 bits per heavy atom. The summed E-state index contributed by atoms with van der Waals surface area (Å²) in [5.41, 5.74) is 2.58. The van der Waals surface area contributed by atoms with Crippen LogP contribution in [0.15, 0.2) is 40.5 Å². The van der Waals surface area contributed by atoms with Gasteiger partial charge in [0, 0.05) is 18.7 Å². The number of aromatic nitrogens is 7. The van der Waals surface area contributed by atoms with Gasteiger partial charge in [0.1, 0.15) is 17.4 Å². The van der Waals surface area contributed by atoms with Crippen molar-refractivity contribution in [3.05, 3.63) is 52.6 Å². The highest BCUT2D eigenvalue weighted by Gasteiger charge is 2.31. The summed E-state index contributed by atoms with van der Waals surface area (Å²) in [6.07, 6.45) is 7.16. The van der Waals surface area contributed by atoms with Crippen LogP contribution in [0.5, 0.6) is 5.88 Å². The van der Waals surface area contributed by atoms with E-state index in [0.29, 0.717) is 53.0 Å². The number of fused-ring (bicyclic) bond motifs is 1. The van der Waals surface area contributed by atoms with Crippen LogP contribution in [-0.4, -0.2) is 55.8 Å². The third-order valence-electron chi connectivity index (χ3n) is 6.33. The Labute approximate surface area is 219 Å². The molecule has 13 heteroatoms. The van der Waals surface area contributed by atoms with Crippen LogP contribution in [0.2, 0.25) is 0 Å². The van der Waals surface area contributed by atoms with Crippen LogP contribution in [0.25, 0.3) is 22.6 Å². The van der Waals surface area contributed by atoms with E-state index in [0.717, 1.165) is 18.5 Å². The van der Waals surface area contributed by atoms with Crippen molar-refractivity contribution in [1.29, 1.82) is 0 Å². The van der Waals surface area contributed by atoms with E-state index >= 15 is 0 Å². The standard InChI is InChI=1S/C25H28N8O4S/c1-4-10-33-23-18(13-28-21(32-23)19-20(15-6-7-15)29-14-30-24(19)37-3)31-22(25(33)34)27-11-16-8-9-17(12-26-16)38(35,36)5-2/h8-9,12-15H,4-7,10-11H2,1-3H3,(H,27,31). The largest absolute Gasteiger partial charge is 0.480 e. The first kappa shape index (κ1) is 25.6. The van der Waals surface area contributed by atoms with E-state index in [1.165, 1.54) is 18.6 Å². The second-order valence-electron chi connectivity index (χ2n) is 8.98. The van der Waals surface area contributed by atoms with Crippen molar-refractivity contribution < 1.29 is 13.2 Å². The van der Waals surface area contributed by atoms with Gasteiger partial charge in [-0.15, -0.1) is 0 Å². The van der Waals surface area contributed by atoms with Crippen molar-refractivity contribution >= 4 is 26.8 Å². The third kappa shape index (κ3) is 4.93. The molecule has 0 radical (unpaired) electrons. The zero-order chi connectivity index (χ0) is 26.9. The molecule has 0 saturated heterocycles. The Bertz CT molecular complexity index is 1650. The van der Waals surface area contributed by atoms with Crippen LogP contribution in [-0.2, 0) is 22.9 Å². The molecule has 4 aromatic rings. The number of pyridine rings is 1. The molecule has 1 fully saturated rings. The van der Waals surface area contributed by atoms with Crippen molar-refractivity contribution in [3.8, 4) is 17.3 Å². The Morgan fingerprint density at radius 2 is 1.89 bits per heavy atom. The number of nitrogens with one attached hydrogen (secondary N) is 1. The first-order chi connectivity index (χ1) is 18.4. The minimum absolute atomic E-state index is 0.0000134. The molecular weight excluding hydrogens is 508 g/mol. The van der Waals surface area contributed by atoms with Gasteiger partial charge < -0.3 is 10.1 Å². The number of hydrogen-bond acceptors (Lipinski definition) is 11. The molecule has 0 aliphatic heterocycles. The third-order valence-corrected chi connectivity index (χ3v) is 8.05. The number of methoxy groups -OCH3 is 1. The summed E-state index contributed by atoms with van der Waals surface area (Å²) in [6, 6.07) is 3.13. The summed E-state index contributed by atoms with van der Waals surface area (Å²) in [7, 11) is -1.79. The van der Waals surface area contributed by atoms with Crippen LogP contribution in [0, 0.1) is 0 Å². The van der Waals surface area contributed by atoms with Crippen molar-refractivity contribution in [3.63, 3.8) is 0 Å². The van der Waals surface area contributed by atoms with Crippen LogP contribution < -0.4 is 15.6 Å². The zero-order valence-corrected chi connectivity index (χ0v) is 22.2. The van der Waals surface area contributed by atoms with E-state index in [4.69, 9.17) is 9.72 Å². The number of anilines is 1. The molecule has 1 N–H and O–H groups in total. The van der Waals surface area contributed by atoms with Gasteiger partial charge in [-0.05, 0) is 31.4 Å². The fourth-order valence-electron chi connectivity index (χ4n) is 4.16. The number of ether oxygens (including phenoxy) is 1. The molecule has 1 aliphatic carbocycles. The normalized spacial score (nSPS) is 13.6. The predicted octanol–water partition coefficient (Wildman–Crippen LogP) is 2.74. The molecule has 0 aromatic carbocycles. The van der Waals surface area contributed by atoms with Gasteiger partial charge in [-0.3, -0.25) is 14.3 Å². The van der Waals surface area contributed by atoms with Crippen LogP contribution in [0.3, 0.4) is 0 Å². The minimum atomic E-state index is -3.34. The lowest BCUT2D eigenvalue weighted by Gasteiger charge is -2.14. The van der Waals surface area contributed by atoms with Crippen molar-refractivity contribution in [2.75, 3.05) is 18.2 Å². The van der Waals surface area contributed by atoms with Gasteiger partial charge in [0.2, 0.25) is 5.88 Å². The summed E-state index contributed by atoms with van der Waals surface area (Å²) >= 11 is 0. The molecule has 0 bridgehead atoms. The molecule has 1 saturated carbocycles. The molecule has 38 heavy (non-hydrogen) atoms. The van der Waals surface area contributed by atoms with Gasteiger partial charge in [-0.2, -0.15) is 0 Å². The molecule has 4 aromatic heterocycles. The highest BCUT2D eigenvalue weighted by molar-refractivity contribution is 7.91. The molecule has 198 valence electrons. The minimum Gasteiger partial charge on any atom is -0.480 e. The molecule has 0 spiro atoms. The Kier molecular flexibility index (Phi) is 7.02. The van der Waals surface area contributed by atoms with Crippen LogP contribution in [0.4, 0.5) is 5.82 Å². The monoisotopic (exact) mass is 536 g/mol. The van der Waals surface area contributed by atoms with Gasteiger partial charge in [-0.25, -0.2) is 33.3 Å². The van der Waals surface area contributed by atoms with Crippen LogP contribution in [0.1, 0.15) is 50.4 Å². The molecule has 0 atom stereocenters. The SMILES string of the molecule is CCCn1c(=O)c(NCc2ccc(S(=O)(=O)CC)cn2)nc2cnc(-c3c(OC)ncnc3C3CC3)nc21. The molecular formula is C25H28N8O4S.